The molecule has 4 heteroatoms. The summed E-state index contributed by atoms with van der Waals surface area (Å²) in [4.78, 5) is 9.25. The number of hydrogen-bond donors (Lipinski definition) is 2. The lowest BCUT2D eigenvalue weighted by Crippen LogP contribution is -2.08. The third kappa shape index (κ3) is 2.77. The summed E-state index contributed by atoms with van der Waals surface area (Å²) in [5.41, 5.74) is 11.3. The molecule has 4 nitrogen and oxygen atoms in total. The van der Waals surface area contributed by atoms with Crippen LogP contribution >= 0.6 is 0 Å². The van der Waals surface area contributed by atoms with E-state index in [0.717, 1.165) is 39.7 Å². The van der Waals surface area contributed by atoms with Crippen molar-refractivity contribution in [2.24, 2.45) is 4.99 Å². The highest BCUT2D eigenvalue weighted by molar-refractivity contribution is 6.11. The number of amidine groups is 1. The van der Waals surface area contributed by atoms with Crippen LogP contribution in [0, 0.1) is 0 Å². The zero-order valence-electron chi connectivity index (χ0n) is 13.0. The van der Waals surface area contributed by atoms with E-state index in [9.17, 15) is 0 Å². The fraction of sp³-hybridized carbons (Fsp3) is 0. The first-order valence-electron chi connectivity index (χ1n) is 7.73. The van der Waals surface area contributed by atoms with Crippen LogP contribution in [0.15, 0.2) is 77.9 Å². The van der Waals surface area contributed by atoms with Crippen LogP contribution in [0.25, 0.3) is 17.3 Å². The van der Waals surface area contributed by atoms with Crippen molar-refractivity contribution in [3.8, 4) is 11.3 Å². The first-order chi connectivity index (χ1) is 11.8. The van der Waals surface area contributed by atoms with Crippen LogP contribution in [-0.2, 0) is 0 Å². The molecule has 0 amide bonds. The number of rotatable bonds is 2. The van der Waals surface area contributed by atoms with Gasteiger partial charge >= 0.3 is 0 Å². The SMILES string of the molecule is Nc1ccc(/C=C/C2=Nc3ccccc3-c3ncccc3N2)cc1. The minimum atomic E-state index is 0.756. The minimum absolute atomic E-state index is 0.756. The molecule has 2 heterocycles. The molecular formula is C20H16N4. The number of aromatic nitrogens is 1. The third-order valence-electron chi connectivity index (χ3n) is 3.84. The molecule has 0 unspecified atom stereocenters. The van der Waals surface area contributed by atoms with E-state index in [-0.39, 0.29) is 0 Å². The molecule has 2 aromatic carbocycles. The molecule has 0 bridgehead atoms. The molecule has 0 fully saturated rings. The number of nitrogens with two attached hydrogens (primary N) is 1. The Balaban J connectivity index is 1.75. The summed E-state index contributed by atoms with van der Waals surface area (Å²) in [5.74, 6) is 0.769. The second-order valence-corrected chi connectivity index (χ2v) is 5.54. The van der Waals surface area contributed by atoms with E-state index < -0.39 is 0 Å². The maximum absolute atomic E-state index is 5.73. The van der Waals surface area contributed by atoms with Crippen molar-refractivity contribution in [3.05, 3.63) is 78.5 Å². The lowest BCUT2D eigenvalue weighted by Gasteiger charge is -2.07. The Kier molecular flexibility index (Phi) is 3.56. The summed E-state index contributed by atoms with van der Waals surface area (Å²) in [6.45, 7) is 0. The predicted molar refractivity (Wildman–Crippen MR) is 100 cm³/mol. The van der Waals surface area contributed by atoms with Gasteiger partial charge in [0, 0.05) is 17.4 Å². The quantitative estimate of drug-likeness (QED) is 0.685. The third-order valence-corrected chi connectivity index (χ3v) is 3.84. The van der Waals surface area contributed by atoms with Crippen molar-refractivity contribution in [2.45, 2.75) is 0 Å². The average Bonchev–Trinajstić information content (AvgIpc) is 2.78. The van der Waals surface area contributed by atoms with Gasteiger partial charge in [-0.25, -0.2) is 4.99 Å². The summed E-state index contributed by atoms with van der Waals surface area (Å²) >= 11 is 0. The van der Waals surface area contributed by atoms with Gasteiger partial charge in [-0.05, 0) is 42.0 Å². The van der Waals surface area contributed by atoms with Gasteiger partial charge in [0.2, 0.25) is 0 Å². The molecule has 1 aliphatic rings. The molecule has 0 spiro atoms. The van der Waals surface area contributed by atoms with E-state index in [1.807, 2.05) is 72.8 Å². The topological polar surface area (TPSA) is 63.3 Å². The van der Waals surface area contributed by atoms with Crippen molar-refractivity contribution in [1.82, 2.24) is 4.98 Å². The molecule has 1 aromatic heterocycles. The number of aliphatic imine (C=N–C) groups is 1. The van der Waals surface area contributed by atoms with Crippen LogP contribution in [0.1, 0.15) is 5.56 Å². The Labute approximate surface area is 140 Å². The van der Waals surface area contributed by atoms with Gasteiger partial charge in [-0.3, -0.25) is 4.98 Å². The lowest BCUT2D eigenvalue weighted by molar-refractivity contribution is 1.33. The molecule has 0 radical (unpaired) electrons. The van der Waals surface area contributed by atoms with Gasteiger partial charge in [0.1, 0.15) is 5.84 Å². The van der Waals surface area contributed by atoms with Gasteiger partial charge in [0.05, 0.1) is 17.1 Å². The Morgan fingerprint density at radius 1 is 0.875 bits per heavy atom. The summed E-state index contributed by atoms with van der Waals surface area (Å²) < 4.78 is 0. The smallest absolute Gasteiger partial charge is 0.131 e. The van der Waals surface area contributed by atoms with E-state index in [4.69, 9.17) is 10.7 Å². The summed E-state index contributed by atoms with van der Waals surface area (Å²) in [6, 6.07) is 19.7. The zero-order chi connectivity index (χ0) is 16.4. The van der Waals surface area contributed by atoms with Crippen LogP contribution in [-0.4, -0.2) is 10.8 Å². The summed E-state index contributed by atoms with van der Waals surface area (Å²) in [7, 11) is 0. The molecule has 0 saturated carbocycles. The number of para-hydroxylation sites is 1. The molecule has 116 valence electrons. The molecule has 0 aliphatic carbocycles. The monoisotopic (exact) mass is 312 g/mol. The lowest BCUT2D eigenvalue weighted by atomic mass is 10.1. The maximum Gasteiger partial charge on any atom is 0.131 e. The van der Waals surface area contributed by atoms with Gasteiger partial charge in [-0.15, -0.1) is 0 Å². The highest BCUT2D eigenvalue weighted by Crippen LogP contribution is 2.35. The standard InChI is InChI=1S/C20H16N4/c21-15-10-7-14(8-11-15)9-12-19-23-17-5-2-1-4-16(17)20-18(24-19)6-3-13-22-20/h1-13H,21H2,(H,23,24)/b12-9+. The van der Waals surface area contributed by atoms with Gasteiger partial charge in [-0.1, -0.05) is 36.4 Å². The highest BCUT2D eigenvalue weighted by atomic mass is 15.0. The Hall–Kier alpha value is -3.40. The molecule has 3 N–H and O–H groups in total. The zero-order valence-corrected chi connectivity index (χ0v) is 13.0. The number of nitrogens with one attached hydrogen (secondary N) is 1. The van der Waals surface area contributed by atoms with E-state index in [1.165, 1.54) is 0 Å². The molecule has 0 atom stereocenters. The van der Waals surface area contributed by atoms with Crippen molar-refractivity contribution in [2.75, 3.05) is 11.1 Å². The van der Waals surface area contributed by atoms with Crippen molar-refractivity contribution in [3.63, 3.8) is 0 Å². The minimum Gasteiger partial charge on any atom is -0.399 e. The molecule has 1 aliphatic heterocycles. The van der Waals surface area contributed by atoms with Crippen LogP contribution < -0.4 is 11.1 Å². The van der Waals surface area contributed by atoms with Gasteiger partial charge < -0.3 is 11.1 Å². The first-order valence-corrected chi connectivity index (χ1v) is 7.73. The number of nitrogens with zero attached hydrogens (tertiary/aromatic N) is 2. The van der Waals surface area contributed by atoms with Crippen LogP contribution in [0.2, 0.25) is 0 Å². The average molecular weight is 312 g/mol. The number of nitrogen functional groups attached to an aromatic ring is 1. The Bertz CT molecular complexity index is 940. The molecule has 24 heavy (non-hydrogen) atoms. The highest BCUT2D eigenvalue weighted by Gasteiger charge is 2.15. The number of fused-ring (bicyclic) bond motifs is 3. The number of pyridine rings is 1. The van der Waals surface area contributed by atoms with E-state index in [2.05, 4.69) is 10.3 Å². The van der Waals surface area contributed by atoms with Crippen molar-refractivity contribution >= 4 is 29.0 Å². The first kappa shape index (κ1) is 14.2. The van der Waals surface area contributed by atoms with Crippen molar-refractivity contribution < 1.29 is 0 Å². The number of hydrogen-bond acceptors (Lipinski definition) is 4. The second-order valence-electron chi connectivity index (χ2n) is 5.54. The summed E-state index contributed by atoms with van der Waals surface area (Å²) in [6.07, 6.45) is 5.77. The van der Waals surface area contributed by atoms with E-state index in [1.54, 1.807) is 6.20 Å². The van der Waals surface area contributed by atoms with Gasteiger partial charge in [0.15, 0.2) is 0 Å². The normalized spacial score (nSPS) is 12.8. The number of benzene rings is 2. The number of anilines is 2. The fourth-order valence-electron chi connectivity index (χ4n) is 2.65. The largest absolute Gasteiger partial charge is 0.399 e. The predicted octanol–water partition coefficient (Wildman–Crippen LogP) is 4.50. The van der Waals surface area contributed by atoms with Crippen LogP contribution in [0.4, 0.5) is 17.1 Å². The van der Waals surface area contributed by atoms with Gasteiger partial charge in [0.25, 0.3) is 0 Å². The Morgan fingerprint density at radius 3 is 2.58 bits per heavy atom. The van der Waals surface area contributed by atoms with E-state index >= 15 is 0 Å². The molecule has 4 rings (SSSR count). The molecule has 0 saturated heterocycles. The molecule has 3 aromatic rings. The fourth-order valence-corrected chi connectivity index (χ4v) is 2.65. The van der Waals surface area contributed by atoms with Crippen LogP contribution in [0.3, 0.4) is 0 Å². The summed E-state index contributed by atoms with van der Waals surface area (Å²) in [5, 5.41) is 3.36. The van der Waals surface area contributed by atoms with Crippen LogP contribution in [0.5, 0.6) is 0 Å². The van der Waals surface area contributed by atoms with Gasteiger partial charge in [-0.2, -0.15) is 0 Å². The maximum atomic E-state index is 5.73. The molecular weight excluding hydrogens is 296 g/mol. The Morgan fingerprint density at radius 2 is 1.71 bits per heavy atom. The van der Waals surface area contributed by atoms with Crippen molar-refractivity contribution in [1.29, 1.82) is 0 Å². The van der Waals surface area contributed by atoms with E-state index in [0.29, 0.717) is 0 Å². The second kappa shape index (κ2) is 6.01.